The number of hydrogen-bond donors (Lipinski definition) is 1. The van der Waals surface area contributed by atoms with Crippen LogP contribution in [0.1, 0.15) is 25.3 Å². The molecule has 4 rings (SSSR count). The summed E-state index contributed by atoms with van der Waals surface area (Å²) >= 11 is 0. The fourth-order valence-corrected chi connectivity index (χ4v) is 5.61. The van der Waals surface area contributed by atoms with Crippen LogP contribution in [0.3, 0.4) is 0 Å². The van der Waals surface area contributed by atoms with Gasteiger partial charge in [0.2, 0.25) is 11.8 Å². The molecular formula is C27H28FN3O5S. The molecule has 3 aromatic rings. The van der Waals surface area contributed by atoms with Crippen LogP contribution in [-0.4, -0.2) is 39.9 Å². The lowest BCUT2D eigenvalue weighted by molar-refractivity contribution is -0.117. The number of benzene rings is 3. The maximum absolute atomic E-state index is 13.6. The van der Waals surface area contributed by atoms with Crippen LogP contribution in [0.15, 0.2) is 71.6 Å². The van der Waals surface area contributed by atoms with E-state index < -0.39 is 28.3 Å². The van der Waals surface area contributed by atoms with Gasteiger partial charge in [-0.15, -0.1) is 0 Å². The molecule has 37 heavy (non-hydrogen) atoms. The predicted octanol–water partition coefficient (Wildman–Crippen LogP) is 4.49. The highest BCUT2D eigenvalue weighted by Crippen LogP contribution is 2.28. The number of anilines is 3. The smallest absolute Gasteiger partial charge is 0.264 e. The molecule has 1 fully saturated rings. The number of rotatable bonds is 9. The van der Waals surface area contributed by atoms with Crippen molar-refractivity contribution in [2.75, 3.05) is 34.2 Å². The second-order valence-corrected chi connectivity index (χ2v) is 10.5. The SMILES string of the molecule is CCOc1ccc(S(=O)(=O)N(CC(=O)Nc2ccc(N3CCCC3=O)c(C)c2)c2ccc(F)cc2)cc1. The summed E-state index contributed by atoms with van der Waals surface area (Å²) in [6, 6.07) is 15.9. The minimum absolute atomic E-state index is 0.0384. The van der Waals surface area contributed by atoms with Crippen molar-refractivity contribution in [1.29, 1.82) is 0 Å². The van der Waals surface area contributed by atoms with Crippen LogP contribution in [0.5, 0.6) is 5.75 Å². The summed E-state index contributed by atoms with van der Waals surface area (Å²) in [5, 5.41) is 2.73. The Morgan fingerprint density at radius 1 is 1.08 bits per heavy atom. The average Bonchev–Trinajstić information content (AvgIpc) is 3.29. The van der Waals surface area contributed by atoms with Gasteiger partial charge >= 0.3 is 0 Å². The summed E-state index contributed by atoms with van der Waals surface area (Å²) in [6.07, 6.45) is 1.32. The Morgan fingerprint density at radius 2 is 1.78 bits per heavy atom. The first-order valence-electron chi connectivity index (χ1n) is 11.9. The van der Waals surface area contributed by atoms with Gasteiger partial charge in [0.1, 0.15) is 18.1 Å². The normalized spacial score (nSPS) is 13.5. The zero-order chi connectivity index (χ0) is 26.6. The molecule has 8 nitrogen and oxygen atoms in total. The van der Waals surface area contributed by atoms with Crippen molar-refractivity contribution in [3.63, 3.8) is 0 Å². The van der Waals surface area contributed by atoms with Gasteiger partial charge in [0.15, 0.2) is 0 Å². The van der Waals surface area contributed by atoms with Crippen LogP contribution in [0.2, 0.25) is 0 Å². The summed E-state index contributed by atoms with van der Waals surface area (Å²) in [5.74, 6) is -0.529. The van der Waals surface area contributed by atoms with Crippen LogP contribution in [-0.2, 0) is 19.6 Å². The predicted molar refractivity (Wildman–Crippen MR) is 140 cm³/mol. The first kappa shape index (κ1) is 26.2. The Kier molecular flexibility index (Phi) is 7.77. The van der Waals surface area contributed by atoms with Crippen LogP contribution >= 0.6 is 0 Å². The topological polar surface area (TPSA) is 96.0 Å². The number of nitrogens with zero attached hydrogens (tertiary/aromatic N) is 2. The summed E-state index contributed by atoms with van der Waals surface area (Å²) in [5.41, 5.74) is 2.21. The molecule has 194 valence electrons. The number of halogens is 1. The number of hydrogen-bond acceptors (Lipinski definition) is 5. The summed E-state index contributed by atoms with van der Waals surface area (Å²) in [6.45, 7) is 4.22. The van der Waals surface area contributed by atoms with Gasteiger partial charge in [-0.25, -0.2) is 12.8 Å². The first-order valence-corrected chi connectivity index (χ1v) is 13.3. The molecule has 0 bridgehead atoms. The second-order valence-electron chi connectivity index (χ2n) is 8.59. The Bertz CT molecular complexity index is 1390. The van der Waals surface area contributed by atoms with Crippen LogP contribution in [0, 0.1) is 12.7 Å². The Balaban J connectivity index is 1.57. The number of carbonyl (C=O) groups is 2. The van der Waals surface area contributed by atoms with Gasteiger partial charge in [0.05, 0.1) is 17.2 Å². The van der Waals surface area contributed by atoms with Gasteiger partial charge in [0.25, 0.3) is 10.0 Å². The van der Waals surface area contributed by atoms with Gasteiger partial charge in [-0.1, -0.05) is 0 Å². The third-order valence-corrected chi connectivity index (χ3v) is 7.76. The molecule has 0 radical (unpaired) electrons. The molecule has 1 heterocycles. The molecule has 1 N–H and O–H groups in total. The average molecular weight is 526 g/mol. The molecule has 2 amide bonds. The minimum Gasteiger partial charge on any atom is -0.494 e. The van der Waals surface area contributed by atoms with Gasteiger partial charge in [-0.3, -0.25) is 13.9 Å². The van der Waals surface area contributed by atoms with Crippen LogP contribution in [0.4, 0.5) is 21.5 Å². The van der Waals surface area contributed by atoms with Crippen molar-refractivity contribution in [2.24, 2.45) is 0 Å². The van der Waals surface area contributed by atoms with E-state index in [0.717, 1.165) is 34.1 Å². The van der Waals surface area contributed by atoms with Gasteiger partial charge in [-0.2, -0.15) is 0 Å². The molecule has 0 unspecified atom stereocenters. The highest BCUT2D eigenvalue weighted by atomic mass is 32.2. The summed E-state index contributed by atoms with van der Waals surface area (Å²) in [4.78, 5) is 26.8. The Labute approximate surface area is 215 Å². The van der Waals surface area contributed by atoms with Crippen molar-refractivity contribution < 1.29 is 27.1 Å². The maximum Gasteiger partial charge on any atom is 0.264 e. The van der Waals surface area contributed by atoms with E-state index in [1.807, 2.05) is 13.8 Å². The van der Waals surface area contributed by atoms with E-state index in [1.165, 1.54) is 36.4 Å². The van der Waals surface area contributed by atoms with E-state index in [-0.39, 0.29) is 16.5 Å². The number of sulfonamides is 1. The number of ether oxygens (including phenoxy) is 1. The number of carbonyl (C=O) groups excluding carboxylic acids is 2. The van der Waals surface area contributed by atoms with E-state index in [9.17, 15) is 22.4 Å². The molecular weight excluding hydrogens is 497 g/mol. The standard InChI is InChI=1S/C27H28FN3O5S/c1-3-36-23-11-13-24(14-12-23)37(34,35)31(22-9-6-20(28)7-10-22)18-26(32)29-21-8-15-25(19(2)17-21)30-16-4-5-27(30)33/h6-15,17H,3-5,16,18H2,1-2H3,(H,29,32). The van der Waals surface area contributed by atoms with Gasteiger partial charge in [-0.05, 0) is 92.6 Å². The van der Waals surface area contributed by atoms with Crippen LogP contribution < -0.4 is 19.3 Å². The number of amides is 2. The Hall–Kier alpha value is -3.92. The maximum atomic E-state index is 13.6. The summed E-state index contributed by atoms with van der Waals surface area (Å²) in [7, 11) is -4.17. The van der Waals surface area contributed by atoms with Crippen molar-refractivity contribution >= 4 is 38.9 Å². The van der Waals surface area contributed by atoms with Crippen molar-refractivity contribution in [3.05, 3.63) is 78.1 Å². The molecule has 0 aromatic heterocycles. The molecule has 1 aliphatic heterocycles. The lowest BCUT2D eigenvalue weighted by Gasteiger charge is -2.24. The lowest BCUT2D eigenvalue weighted by atomic mass is 10.1. The molecule has 10 heteroatoms. The fourth-order valence-electron chi connectivity index (χ4n) is 4.19. The van der Waals surface area contributed by atoms with E-state index in [2.05, 4.69) is 5.32 Å². The molecule has 1 aliphatic rings. The first-order chi connectivity index (χ1) is 17.7. The van der Waals surface area contributed by atoms with E-state index in [0.29, 0.717) is 31.0 Å². The molecule has 0 atom stereocenters. The number of aryl methyl sites for hydroxylation is 1. The third kappa shape index (κ3) is 5.91. The van der Waals surface area contributed by atoms with Crippen molar-refractivity contribution in [2.45, 2.75) is 31.6 Å². The fraction of sp³-hybridized carbons (Fsp3) is 0.259. The van der Waals surface area contributed by atoms with E-state index >= 15 is 0 Å². The molecule has 0 aliphatic carbocycles. The highest BCUT2D eigenvalue weighted by molar-refractivity contribution is 7.92. The molecule has 3 aromatic carbocycles. The Morgan fingerprint density at radius 3 is 2.38 bits per heavy atom. The lowest BCUT2D eigenvalue weighted by Crippen LogP contribution is -2.38. The van der Waals surface area contributed by atoms with Crippen molar-refractivity contribution in [1.82, 2.24) is 0 Å². The van der Waals surface area contributed by atoms with E-state index in [4.69, 9.17) is 4.74 Å². The molecule has 0 saturated carbocycles. The van der Waals surface area contributed by atoms with Gasteiger partial charge < -0.3 is 15.0 Å². The quantitative estimate of drug-likeness (QED) is 0.444. The molecule has 1 saturated heterocycles. The number of nitrogens with one attached hydrogen (secondary N) is 1. The summed E-state index contributed by atoms with van der Waals surface area (Å²) < 4.78 is 46.9. The van der Waals surface area contributed by atoms with Crippen molar-refractivity contribution in [3.8, 4) is 5.75 Å². The monoisotopic (exact) mass is 525 g/mol. The third-order valence-electron chi connectivity index (χ3n) is 5.97. The molecule has 0 spiro atoms. The van der Waals surface area contributed by atoms with Crippen LogP contribution in [0.25, 0.3) is 0 Å². The van der Waals surface area contributed by atoms with E-state index in [1.54, 1.807) is 23.1 Å². The largest absolute Gasteiger partial charge is 0.494 e. The van der Waals surface area contributed by atoms with Gasteiger partial charge in [0, 0.05) is 24.3 Å². The zero-order valence-corrected chi connectivity index (χ0v) is 21.4. The minimum atomic E-state index is -4.17. The highest BCUT2D eigenvalue weighted by Gasteiger charge is 2.28. The second kappa shape index (κ2) is 11.0. The zero-order valence-electron chi connectivity index (χ0n) is 20.6.